The quantitative estimate of drug-likeness (QED) is 0.115. The zero-order valence-corrected chi connectivity index (χ0v) is 39.0. The molecule has 6 aromatic carbocycles. The van der Waals surface area contributed by atoms with Crippen molar-refractivity contribution in [2.45, 2.75) is 103 Å². The van der Waals surface area contributed by atoms with Gasteiger partial charge in [-0.25, -0.2) is 0 Å². The fourth-order valence-electron chi connectivity index (χ4n) is 8.25. The molecule has 0 unspecified atom stereocenters. The van der Waals surface area contributed by atoms with Gasteiger partial charge in [0, 0.05) is 0 Å². The van der Waals surface area contributed by atoms with Crippen LogP contribution in [0.3, 0.4) is 0 Å². The summed E-state index contributed by atoms with van der Waals surface area (Å²) in [6.07, 6.45) is 11.8. The van der Waals surface area contributed by atoms with E-state index in [1.807, 2.05) is 0 Å². The first-order valence-electron chi connectivity index (χ1n) is 19.8. The van der Waals surface area contributed by atoms with E-state index in [1.54, 1.807) is 0 Å². The number of halogens is 5. The van der Waals surface area contributed by atoms with Crippen LogP contribution >= 0.6 is 24.8 Å². The zero-order valence-electron chi connectivity index (χ0n) is 33.9. The molecule has 0 spiro atoms. The molecule has 0 aliphatic heterocycles. The second kappa shape index (κ2) is 25.3. The molecule has 0 bridgehead atoms. The Morgan fingerprint density at radius 1 is 0.596 bits per heavy atom. The van der Waals surface area contributed by atoms with E-state index in [0.29, 0.717) is 0 Å². The standard InChI is InChI=1S/2C23H25.C3H4F3.CH3.2ClH.Si.Zr/c2*1-17-10-12-20(13-11-17)22-9-5-8-21-15-19(16-23(21)22)14-18-6-3-2-4-7-18;1-2-3(4,5)6;;;;;/h2*5,8-13,15-16,18H,2-4,6-7,14H2,1H3;1-2H2;1H3;2*1H;;/q4*-1;;;;. The Morgan fingerprint density at radius 3 is 1.25 bits per heavy atom. The third kappa shape index (κ3) is 15.3. The van der Waals surface area contributed by atoms with Crippen molar-refractivity contribution in [2.24, 2.45) is 11.8 Å². The Hall–Kier alpha value is -2.43. The molecule has 2 saturated carbocycles. The minimum atomic E-state index is -4.07. The van der Waals surface area contributed by atoms with Gasteiger partial charge in [-0.2, -0.15) is 25.3 Å². The summed E-state index contributed by atoms with van der Waals surface area (Å²) in [5, 5.41) is 5.63. The molecule has 0 N–H and O–H groups in total. The Balaban J connectivity index is 0.000000318. The van der Waals surface area contributed by atoms with Gasteiger partial charge in [0.05, 0.1) is 0 Å². The summed E-state index contributed by atoms with van der Waals surface area (Å²) >= 11 is 1.36. The predicted octanol–water partition coefficient (Wildman–Crippen LogP) is 16.0. The number of benzene rings is 4. The fourth-order valence-corrected chi connectivity index (χ4v) is 8.25. The molecule has 306 valence electrons. The van der Waals surface area contributed by atoms with E-state index in [-0.39, 0.29) is 32.2 Å². The van der Waals surface area contributed by atoms with Crippen LogP contribution in [0.1, 0.15) is 92.9 Å². The molecule has 0 nitrogen and oxygen atoms in total. The maximum atomic E-state index is 10.7. The molecule has 2 radical (unpaired) electrons. The zero-order chi connectivity index (χ0) is 38.5. The molecular weight excluding hydrogens is 848 g/mol. The number of rotatable bonds is 6. The van der Waals surface area contributed by atoms with Crippen molar-refractivity contribution in [3.05, 3.63) is 146 Å². The molecule has 0 heterocycles. The molecule has 8 rings (SSSR count). The van der Waals surface area contributed by atoms with Crippen LogP contribution in [0.5, 0.6) is 0 Å². The minimum absolute atomic E-state index is 0. The summed E-state index contributed by atoms with van der Waals surface area (Å²) in [5.41, 5.74) is 11.1. The van der Waals surface area contributed by atoms with Crippen LogP contribution in [0.15, 0.2) is 109 Å². The fraction of sp³-hybridized carbons (Fsp3) is 0.360. The molecule has 0 saturated heterocycles. The van der Waals surface area contributed by atoms with Crippen molar-refractivity contribution in [3.8, 4) is 22.3 Å². The van der Waals surface area contributed by atoms with E-state index in [0.717, 1.165) is 11.8 Å². The van der Waals surface area contributed by atoms with E-state index in [1.165, 1.54) is 166 Å². The van der Waals surface area contributed by atoms with Gasteiger partial charge >= 0.3 is 36.4 Å². The van der Waals surface area contributed by atoms with Gasteiger partial charge in [-0.15, -0.1) is 93.9 Å². The van der Waals surface area contributed by atoms with Crippen molar-refractivity contribution in [1.82, 2.24) is 0 Å². The molecule has 2 aliphatic rings. The van der Waals surface area contributed by atoms with E-state index in [9.17, 15) is 13.2 Å². The second-order valence-electron chi connectivity index (χ2n) is 15.4. The van der Waals surface area contributed by atoms with E-state index < -0.39 is 12.6 Å². The van der Waals surface area contributed by atoms with Crippen LogP contribution in [-0.2, 0) is 36.2 Å². The maximum absolute atomic E-state index is 10.7. The number of alkyl halides is 3. The SMILES string of the molecule is Cc1ccc(-c2cccc3[cH-]c(CC4CCCCC4)cc23)cc1.Cc1ccc(-c2cccc3[cH-]c(CC4CCCCC4)cc23)cc1.Cl.Cl.[CH2-]CC(F)(F)F.[CH3-].[Si]=[Zr]. The van der Waals surface area contributed by atoms with Crippen molar-refractivity contribution < 1.29 is 36.5 Å². The first-order chi connectivity index (χ1) is 26.1. The summed E-state index contributed by atoms with van der Waals surface area (Å²) in [6, 6.07) is 41.0. The Morgan fingerprint density at radius 2 is 0.930 bits per heavy atom. The molecule has 2 fully saturated rings. The van der Waals surface area contributed by atoms with Gasteiger partial charge in [0.2, 0.25) is 0 Å². The third-order valence-electron chi connectivity index (χ3n) is 11.1. The number of fused-ring (bicyclic) bond motifs is 2. The van der Waals surface area contributed by atoms with Crippen LogP contribution in [0, 0.1) is 40.0 Å². The topological polar surface area (TPSA) is 0 Å². The van der Waals surface area contributed by atoms with Crippen LogP contribution < -0.4 is 0 Å². The Labute approximate surface area is 370 Å². The summed E-state index contributed by atoms with van der Waals surface area (Å²) < 4.78 is 32.2. The Kier molecular flexibility index (Phi) is 22.5. The van der Waals surface area contributed by atoms with Crippen LogP contribution in [0.25, 0.3) is 43.8 Å². The average Bonchev–Trinajstić information content (AvgIpc) is 3.81. The van der Waals surface area contributed by atoms with Crippen LogP contribution in [0.2, 0.25) is 0 Å². The number of hydrogen-bond acceptors (Lipinski definition) is 0. The summed E-state index contributed by atoms with van der Waals surface area (Å²) in [7, 11) is 0. The third-order valence-corrected chi connectivity index (χ3v) is 11.1. The van der Waals surface area contributed by atoms with Gasteiger partial charge < -0.3 is 14.4 Å². The molecule has 7 heteroatoms. The molecular formula is C50H59Cl2F3SiZr-4. The molecule has 2 aliphatic carbocycles. The molecule has 0 amide bonds. The summed E-state index contributed by atoms with van der Waals surface area (Å²) in [4.78, 5) is 0. The second-order valence-corrected chi connectivity index (χ2v) is 15.4. The molecule has 6 aromatic rings. The van der Waals surface area contributed by atoms with Crippen molar-refractivity contribution in [2.75, 3.05) is 0 Å². The number of aryl methyl sites for hydroxylation is 2. The van der Waals surface area contributed by atoms with Crippen molar-refractivity contribution >= 4 is 53.2 Å². The van der Waals surface area contributed by atoms with Gasteiger partial charge in [-0.1, -0.05) is 154 Å². The monoisotopic (exact) mass is 904 g/mol. The van der Waals surface area contributed by atoms with Gasteiger partial charge in [0.25, 0.3) is 0 Å². The van der Waals surface area contributed by atoms with Crippen molar-refractivity contribution in [1.29, 1.82) is 0 Å². The first-order valence-corrected chi connectivity index (χ1v) is 24.0. The van der Waals surface area contributed by atoms with Gasteiger partial charge in [-0.05, 0) is 49.7 Å². The molecule has 0 atom stereocenters. The van der Waals surface area contributed by atoms with Gasteiger partial charge in [-0.3, -0.25) is 0 Å². The summed E-state index contributed by atoms with van der Waals surface area (Å²) in [5.74, 6) is 1.81. The summed E-state index contributed by atoms with van der Waals surface area (Å²) in [6.45, 7) is 9.99. The average molecular weight is 907 g/mol. The van der Waals surface area contributed by atoms with Gasteiger partial charge in [0.1, 0.15) is 0 Å². The predicted molar refractivity (Wildman–Crippen MR) is 243 cm³/mol. The van der Waals surface area contributed by atoms with Crippen molar-refractivity contribution in [3.63, 3.8) is 0 Å². The van der Waals surface area contributed by atoms with E-state index >= 15 is 0 Å². The molecule has 57 heavy (non-hydrogen) atoms. The normalized spacial score (nSPS) is 14.3. The molecule has 0 aromatic heterocycles. The van der Waals surface area contributed by atoms with Gasteiger partial charge in [0.15, 0.2) is 0 Å². The van der Waals surface area contributed by atoms with Crippen LogP contribution in [0.4, 0.5) is 13.2 Å². The van der Waals surface area contributed by atoms with Crippen LogP contribution in [-0.4, -0.2) is 13.1 Å². The van der Waals surface area contributed by atoms with E-state index in [2.05, 4.69) is 137 Å². The Bertz CT molecular complexity index is 1880. The first kappa shape index (κ1) is 50.7. The van der Waals surface area contributed by atoms with E-state index in [4.69, 9.17) is 0 Å². The number of hydrogen-bond donors (Lipinski definition) is 0.